The first-order valence-electron chi connectivity index (χ1n) is 11.0. The van der Waals surface area contributed by atoms with Crippen LogP contribution in [0.3, 0.4) is 0 Å². The van der Waals surface area contributed by atoms with Crippen LogP contribution in [0.1, 0.15) is 111 Å². The molecule has 0 fully saturated rings. The molecule has 0 spiro atoms. The standard InChI is InChI=1S/2C8H17.C5H11O2.Al/c2*1-3-5-7-8-6-4-2;1-3-4-5(6)7-2;/h2*1,3-8H2,2H3;5H,3-4H2,1-2H3;/q;;-1;+1. The van der Waals surface area contributed by atoms with Crippen molar-refractivity contribution in [1.29, 1.82) is 0 Å². The first-order chi connectivity index (χ1) is 11.8. The van der Waals surface area contributed by atoms with Gasteiger partial charge in [-0.3, -0.25) is 0 Å². The van der Waals surface area contributed by atoms with Gasteiger partial charge in [-0.25, -0.2) is 0 Å². The molecule has 2 nitrogen and oxygen atoms in total. The summed E-state index contributed by atoms with van der Waals surface area (Å²) >= 11 is -1.08. The average molecular weight is 357 g/mol. The second kappa shape index (κ2) is 19.8. The summed E-state index contributed by atoms with van der Waals surface area (Å²) in [6.07, 6.45) is 18.9. The van der Waals surface area contributed by atoms with E-state index in [4.69, 9.17) is 8.53 Å². The Hall–Kier alpha value is 0.452. The van der Waals surface area contributed by atoms with E-state index in [9.17, 15) is 0 Å². The van der Waals surface area contributed by atoms with Crippen LogP contribution in [0.25, 0.3) is 0 Å². The van der Waals surface area contributed by atoms with Crippen LogP contribution in [0.5, 0.6) is 0 Å². The second-order valence-electron chi connectivity index (χ2n) is 7.32. The van der Waals surface area contributed by atoms with E-state index in [1.807, 2.05) is 0 Å². The molecule has 0 rings (SSSR count). The van der Waals surface area contributed by atoms with E-state index in [1.54, 1.807) is 7.11 Å². The molecule has 0 amide bonds. The lowest BCUT2D eigenvalue weighted by Gasteiger charge is -2.21. The van der Waals surface area contributed by atoms with Crippen molar-refractivity contribution in [2.24, 2.45) is 0 Å². The fraction of sp³-hybridized carbons (Fsp3) is 1.00. The number of hydrogen-bond donors (Lipinski definition) is 0. The molecule has 0 aliphatic heterocycles. The predicted molar refractivity (Wildman–Crippen MR) is 109 cm³/mol. The Morgan fingerprint density at radius 3 is 1.50 bits per heavy atom. The highest BCUT2D eigenvalue weighted by Gasteiger charge is 2.23. The lowest BCUT2D eigenvalue weighted by molar-refractivity contribution is -0.0618. The maximum absolute atomic E-state index is 6.41. The summed E-state index contributed by atoms with van der Waals surface area (Å²) in [5, 5.41) is 2.70. The third-order valence-corrected chi connectivity index (χ3v) is 7.68. The maximum atomic E-state index is 6.41. The van der Waals surface area contributed by atoms with Crippen LogP contribution in [0.4, 0.5) is 0 Å². The van der Waals surface area contributed by atoms with Crippen molar-refractivity contribution in [3.05, 3.63) is 0 Å². The van der Waals surface area contributed by atoms with Crippen LogP contribution < -0.4 is 0 Å². The Balaban J connectivity index is 3.99. The van der Waals surface area contributed by atoms with Crippen molar-refractivity contribution < 1.29 is 8.53 Å². The highest BCUT2D eigenvalue weighted by atomic mass is 27.2. The molecule has 0 aromatic heterocycles. The zero-order valence-corrected chi connectivity index (χ0v) is 18.4. The van der Waals surface area contributed by atoms with Crippen molar-refractivity contribution in [3.8, 4) is 0 Å². The monoisotopic (exact) mass is 356 g/mol. The Morgan fingerprint density at radius 2 is 1.08 bits per heavy atom. The molecule has 0 aliphatic rings. The lowest BCUT2D eigenvalue weighted by Crippen LogP contribution is -2.27. The molecule has 0 saturated heterocycles. The second-order valence-corrected chi connectivity index (χ2v) is 10.00. The first-order valence-corrected chi connectivity index (χ1v) is 13.1. The number of ether oxygens (including phenoxy) is 1. The first kappa shape index (κ1) is 24.5. The highest BCUT2D eigenvalue weighted by molar-refractivity contribution is 6.51. The number of rotatable bonds is 19. The van der Waals surface area contributed by atoms with Crippen LogP contribution in [0, 0.1) is 0 Å². The van der Waals surface area contributed by atoms with Crippen LogP contribution in [-0.2, 0) is 8.53 Å². The van der Waals surface area contributed by atoms with Gasteiger partial charge in [-0.1, -0.05) is 115 Å². The normalized spacial score (nSPS) is 12.5. The van der Waals surface area contributed by atoms with Gasteiger partial charge in [-0.2, -0.15) is 0 Å². The molecule has 3 heteroatoms. The van der Waals surface area contributed by atoms with Gasteiger partial charge in [0.25, 0.3) is 0 Å². The van der Waals surface area contributed by atoms with Crippen molar-refractivity contribution in [1.82, 2.24) is 0 Å². The Labute approximate surface area is 157 Å². The van der Waals surface area contributed by atoms with Gasteiger partial charge in [0.05, 0.1) is 0 Å². The highest BCUT2D eigenvalue weighted by Crippen LogP contribution is 2.18. The molecule has 0 aromatic carbocycles. The van der Waals surface area contributed by atoms with Gasteiger partial charge in [-0.05, 0) is 6.42 Å². The predicted octanol–water partition coefficient (Wildman–Crippen LogP) is 7.49. The minimum absolute atomic E-state index is 0.0619. The van der Waals surface area contributed by atoms with Crippen LogP contribution >= 0.6 is 0 Å². The fourth-order valence-electron chi connectivity index (χ4n) is 3.28. The number of unbranched alkanes of at least 4 members (excludes halogenated alkanes) is 10. The van der Waals surface area contributed by atoms with Gasteiger partial charge < -0.3 is 8.53 Å². The van der Waals surface area contributed by atoms with Crippen LogP contribution in [0.15, 0.2) is 0 Å². The minimum atomic E-state index is -1.08. The molecule has 0 bridgehead atoms. The molecule has 0 N–H and O–H groups in total. The summed E-state index contributed by atoms with van der Waals surface area (Å²) in [7, 11) is 1.81. The Morgan fingerprint density at radius 1 is 0.625 bits per heavy atom. The quantitative estimate of drug-likeness (QED) is 0.136. The van der Waals surface area contributed by atoms with Crippen LogP contribution in [0.2, 0.25) is 10.6 Å². The smallest absolute Gasteiger partial charge is 0.462 e. The van der Waals surface area contributed by atoms with E-state index in [0.29, 0.717) is 0 Å². The zero-order valence-electron chi connectivity index (χ0n) is 17.3. The summed E-state index contributed by atoms with van der Waals surface area (Å²) in [6, 6.07) is 0. The van der Waals surface area contributed by atoms with Gasteiger partial charge in [-0.15, -0.1) is 0 Å². The molecule has 1 unspecified atom stereocenters. The molecule has 0 heterocycles. The van der Waals surface area contributed by atoms with E-state index in [1.165, 1.54) is 87.6 Å². The molecule has 0 aliphatic carbocycles. The molecule has 0 radical (unpaired) electrons. The SMILES string of the molecule is CCCCCCC[CH2][Al]([CH2]CCCCCCC)[O]C(CCC)OC. The van der Waals surface area contributed by atoms with E-state index >= 15 is 0 Å². The van der Waals surface area contributed by atoms with E-state index < -0.39 is 14.5 Å². The van der Waals surface area contributed by atoms with E-state index in [-0.39, 0.29) is 6.29 Å². The van der Waals surface area contributed by atoms with E-state index in [0.717, 1.165) is 12.8 Å². The summed E-state index contributed by atoms with van der Waals surface area (Å²) in [5.74, 6) is 0. The van der Waals surface area contributed by atoms with Gasteiger partial charge in [0.15, 0.2) is 0 Å². The average Bonchev–Trinajstić information content (AvgIpc) is 2.59. The number of hydrogen-bond acceptors (Lipinski definition) is 2. The Kier molecular flexibility index (Phi) is 20.1. The third kappa shape index (κ3) is 15.9. The van der Waals surface area contributed by atoms with Crippen molar-refractivity contribution in [2.45, 2.75) is 128 Å². The molecule has 144 valence electrons. The molecule has 24 heavy (non-hydrogen) atoms. The van der Waals surface area contributed by atoms with Crippen molar-refractivity contribution >= 4 is 14.5 Å². The van der Waals surface area contributed by atoms with E-state index in [2.05, 4.69) is 20.8 Å². The van der Waals surface area contributed by atoms with Gasteiger partial charge in [0, 0.05) is 7.11 Å². The summed E-state index contributed by atoms with van der Waals surface area (Å²) in [5.41, 5.74) is 0. The third-order valence-electron chi connectivity index (χ3n) is 4.89. The molecule has 0 aromatic rings. The van der Waals surface area contributed by atoms with Gasteiger partial charge in [0.1, 0.15) is 6.29 Å². The largest absolute Gasteiger partial charge is 0.478 e. The van der Waals surface area contributed by atoms with Gasteiger partial charge >= 0.3 is 14.5 Å². The Bertz CT molecular complexity index is 220. The summed E-state index contributed by atoms with van der Waals surface area (Å²) in [6.45, 7) is 6.79. The molecular formula is C21H45AlO2. The van der Waals surface area contributed by atoms with Crippen molar-refractivity contribution in [2.75, 3.05) is 7.11 Å². The molecule has 0 saturated carbocycles. The lowest BCUT2D eigenvalue weighted by atomic mass is 10.1. The topological polar surface area (TPSA) is 18.5 Å². The maximum Gasteiger partial charge on any atom is 0.462 e. The van der Waals surface area contributed by atoms with Gasteiger partial charge in [0.2, 0.25) is 0 Å². The summed E-state index contributed by atoms with van der Waals surface area (Å²) < 4.78 is 12.0. The van der Waals surface area contributed by atoms with Crippen molar-refractivity contribution in [3.63, 3.8) is 0 Å². The molecular weight excluding hydrogens is 311 g/mol. The number of methoxy groups -OCH3 is 1. The molecule has 1 atom stereocenters. The van der Waals surface area contributed by atoms with Crippen LogP contribution in [-0.4, -0.2) is 27.9 Å². The fourth-order valence-corrected chi connectivity index (χ4v) is 6.00. The zero-order chi connectivity index (χ0) is 17.9. The minimum Gasteiger partial charge on any atom is -0.478 e. The summed E-state index contributed by atoms with van der Waals surface area (Å²) in [4.78, 5) is 0.